The predicted molar refractivity (Wildman–Crippen MR) is 127 cm³/mol. The fraction of sp³-hybridized carbons (Fsp3) is 0.0909. The zero-order valence-corrected chi connectivity index (χ0v) is 19.7. The maximum atomic E-state index is 13.2. The highest BCUT2D eigenvalue weighted by molar-refractivity contribution is 7.92. The Morgan fingerprint density at radius 2 is 1.74 bits per heavy atom. The first kappa shape index (κ1) is 23.3. The Balaban J connectivity index is 1.91. The third-order valence-corrected chi connectivity index (χ3v) is 7.19. The number of benzene rings is 2. The number of carbonyl (C=O) groups is 1. The number of anilines is 1. The third-order valence-electron chi connectivity index (χ3n) is 4.93. The number of sulfone groups is 1. The van der Waals surface area contributed by atoms with Crippen LogP contribution in [0.2, 0.25) is 0 Å². The van der Waals surface area contributed by atoms with Gasteiger partial charge in [0.2, 0.25) is 25.7 Å². The van der Waals surface area contributed by atoms with Crippen molar-refractivity contribution in [1.82, 2.24) is 9.55 Å². The van der Waals surface area contributed by atoms with E-state index in [0.717, 1.165) is 6.26 Å². The number of nitrogens with two attached hydrogens (primary N) is 1. The van der Waals surface area contributed by atoms with Gasteiger partial charge in [0.25, 0.3) is 5.91 Å². The van der Waals surface area contributed by atoms with E-state index < -0.39 is 25.8 Å². The van der Waals surface area contributed by atoms with Gasteiger partial charge in [-0.05, 0) is 42.5 Å². The van der Waals surface area contributed by atoms with Crippen molar-refractivity contribution in [2.24, 2.45) is 5.73 Å². The highest BCUT2D eigenvalue weighted by atomic mass is 32.2. The van der Waals surface area contributed by atoms with Gasteiger partial charge in [0.1, 0.15) is 5.69 Å². The molecule has 0 unspecified atom stereocenters. The van der Waals surface area contributed by atoms with E-state index in [-0.39, 0.29) is 27.2 Å². The van der Waals surface area contributed by atoms with E-state index in [9.17, 15) is 21.6 Å². The van der Waals surface area contributed by atoms with E-state index in [4.69, 9.17) is 10.5 Å². The summed E-state index contributed by atoms with van der Waals surface area (Å²) < 4.78 is 58.7. The van der Waals surface area contributed by atoms with Crippen LogP contribution in [0.4, 0.5) is 5.69 Å². The Kier molecular flexibility index (Phi) is 5.79. The summed E-state index contributed by atoms with van der Waals surface area (Å²) in [6.07, 6.45) is 1.02. The molecular weight excluding hydrogens is 480 g/mol. The van der Waals surface area contributed by atoms with Crippen molar-refractivity contribution in [3.8, 4) is 11.6 Å². The molecule has 10 nitrogen and oxygen atoms in total. The molecule has 1 amide bonds. The van der Waals surface area contributed by atoms with Gasteiger partial charge in [-0.1, -0.05) is 18.2 Å². The molecule has 4 rings (SSSR count). The molecule has 2 heterocycles. The quantitative estimate of drug-likeness (QED) is 0.395. The predicted octanol–water partition coefficient (Wildman–Crippen LogP) is 2.34. The minimum Gasteiger partial charge on any atom is -0.481 e. The molecule has 4 aromatic rings. The van der Waals surface area contributed by atoms with Gasteiger partial charge in [0, 0.05) is 17.1 Å². The Morgan fingerprint density at radius 1 is 1.00 bits per heavy atom. The summed E-state index contributed by atoms with van der Waals surface area (Å²) in [6, 6.07) is 16.6. The van der Waals surface area contributed by atoms with Crippen molar-refractivity contribution in [3.05, 3.63) is 72.4 Å². The number of ether oxygens (including phenoxy) is 1. The number of nitrogens with zero attached hydrogens (tertiary/aromatic N) is 2. The average molecular weight is 501 g/mol. The van der Waals surface area contributed by atoms with Gasteiger partial charge in [-0.3, -0.25) is 9.52 Å². The van der Waals surface area contributed by atoms with Crippen molar-refractivity contribution >= 4 is 42.4 Å². The van der Waals surface area contributed by atoms with E-state index >= 15 is 0 Å². The zero-order valence-electron chi connectivity index (χ0n) is 18.1. The first-order chi connectivity index (χ1) is 16.0. The largest absolute Gasteiger partial charge is 0.481 e. The monoisotopic (exact) mass is 500 g/mol. The molecule has 176 valence electrons. The van der Waals surface area contributed by atoms with Gasteiger partial charge in [-0.25, -0.2) is 21.8 Å². The maximum Gasteiger partial charge on any atom is 0.265 e. The van der Waals surface area contributed by atoms with Gasteiger partial charge < -0.3 is 15.0 Å². The second-order valence-electron chi connectivity index (χ2n) is 7.40. The highest BCUT2D eigenvalue weighted by Crippen LogP contribution is 2.30. The van der Waals surface area contributed by atoms with Crippen LogP contribution in [0.5, 0.6) is 5.88 Å². The Bertz CT molecular complexity index is 1640. The number of aromatic nitrogens is 2. The van der Waals surface area contributed by atoms with Crippen LogP contribution in [0.25, 0.3) is 16.6 Å². The molecule has 34 heavy (non-hydrogen) atoms. The summed E-state index contributed by atoms with van der Waals surface area (Å²) in [4.78, 5) is 16.2. The lowest BCUT2D eigenvalue weighted by Crippen LogP contribution is -2.16. The van der Waals surface area contributed by atoms with Crippen LogP contribution in [-0.2, 0) is 19.9 Å². The Labute approximate surface area is 196 Å². The molecule has 2 aromatic carbocycles. The number of rotatable bonds is 7. The van der Waals surface area contributed by atoms with Crippen LogP contribution in [0, 0.1) is 0 Å². The van der Waals surface area contributed by atoms with Crippen molar-refractivity contribution < 1.29 is 26.4 Å². The van der Waals surface area contributed by atoms with Gasteiger partial charge in [0.05, 0.1) is 29.5 Å². The number of hydrogen-bond donors (Lipinski definition) is 2. The molecule has 3 N–H and O–H groups in total. The van der Waals surface area contributed by atoms with Crippen LogP contribution in [-0.4, -0.2) is 45.7 Å². The standard InChI is InChI=1S/C22H20N4O6S2/c1-32-20-7-4-8-21(24-20)34(30,31)17-6-3-5-16(13-17)26-18-12-15(25-33(2,28)29)10-9-14(18)11-19(26)22(23)27/h3-13,25H,1-2H3,(H2,23,27). The van der Waals surface area contributed by atoms with Crippen molar-refractivity contribution in [2.45, 2.75) is 9.92 Å². The molecule has 0 radical (unpaired) electrons. The fourth-order valence-electron chi connectivity index (χ4n) is 3.51. The van der Waals surface area contributed by atoms with E-state index in [1.807, 2.05) is 0 Å². The van der Waals surface area contributed by atoms with E-state index in [1.165, 1.54) is 54.1 Å². The third kappa shape index (κ3) is 4.45. The number of primary amides is 1. The van der Waals surface area contributed by atoms with Crippen molar-refractivity contribution in [3.63, 3.8) is 0 Å². The molecule has 0 aliphatic carbocycles. The number of hydrogen-bond acceptors (Lipinski definition) is 7. The zero-order chi connectivity index (χ0) is 24.7. The highest BCUT2D eigenvalue weighted by Gasteiger charge is 2.22. The number of nitrogens with one attached hydrogen (secondary N) is 1. The summed E-state index contributed by atoms with van der Waals surface area (Å²) in [5.74, 6) is -0.591. The van der Waals surface area contributed by atoms with Crippen LogP contribution in [0.3, 0.4) is 0 Å². The summed E-state index contributed by atoms with van der Waals surface area (Å²) in [5.41, 5.74) is 6.75. The second-order valence-corrected chi connectivity index (χ2v) is 11.0. The van der Waals surface area contributed by atoms with Gasteiger partial charge in [0.15, 0.2) is 5.03 Å². The lowest BCUT2D eigenvalue weighted by Gasteiger charge is -2.12. The smallest absolute Gasteiger partial charge is 0.265 e. The normalized spacial score (nSPS) is 11.9. The Hall–Kier alpha value is -3.90. The van der Waals surface area contributed by atoms with Crippen LogP contribution in [0.15, 0.2) is 76.7 Å². The molecule has 0 bridgehead atoms. The minimum atomic E-state index is -4.02. The van der Waals surface area contributed by atoms with Gasteiger partial charge >= 0.3 is 0 Å². The lowest BCUT2D eigenvalue weighted by atomic mass is 10.2. The molecule has 0 aliphatic rings. The number of methoxy groups -OCH3 is 1. The summed E-state index contributed by atoms with van der Waals surface area (Å²) in [5, 5.41) is 0.409. The van der Waals surface area contributed by atoms with Gasteiger partial charge in [-0.2, -0.15) is 0 Å². The van der Waals surface area contributed by atoms with E-state index in [0.29, 0.717) is 16.6 Å². The van der Waals surface area contributed by atoms with Crippen LogP contribution >= 0.6 is 0 Å². The lowest BCUT2D eigenvalue weighted by molar-refractivity contribution is 0.0994. The summed E-state index contributed by atoms with van der Waals surface area (Å²) in [7, 11) is -6.18. The number of fused-ring (bicyclic) bond motifs is 1. The molecule has 2 aromatic heterocycles. The molecule has 0 spiro atoms. The minimum absolute atomic E-state index is 0.0616. The van der Waals surface area contributed by atoms with E-state index in [2.05, 4.69) is 9.71 Å². The van der Waals surface area contributed by atoms with Crippen LogP contribution in [0.1, 0.15) is 10.5 Å². The number of sulfonamides is 1. The molecular formula is C22H20N4O6S2. The molecule has 12 heteroatoms. The topological polar surface area (TPSA) is 150 Å². The number of carbonyl (C=O) groups excluding carboxylic acids is 1. The SMILES string of the molecule is COc1cccc(S(=O)(=O)c2cccc(-n3c(C(N)=O)cc4ccc(NS(C)(=O)=O)cc43)c2)n1. The number of amides is 1. The maximum absolute atomic E-state index is 13.2. The molecule has 0 fully saturated rings. The van der Waals surface area contributed by atoms with E-state index in [1.54, 1.807) is 24.3 Å². The Morgan fingerprint density at radius 3 is 2.41 bits per heavy atom. The molecule has 0 aliphatic heterocycles. The van der Waals surface area contributed by atoms with Crippen molar-refractivity contribution in [1.29, 1.82) is 0 Å². The molecule has 0 saturated carbocycles. The van der Waals surface area contributed by atoms with Gasteiger partial charge in [-0.15, -0.1) is 0 Å². The van der Waals surface area contributed by atoms with Crippen LogP contribution < -0.4 is 15.2 Å². The molecule has 0 saturated heterocycles. The number of pyridine rings is 1. The first-order valence-corrected chi connectivity index (χ1v) is 13.2. The average Bonchev–Trinajstić information content (AvgIpc) is 3.17. The second kappa shape index (κ2) is 8.47. The summed E-state index contributed by atoms with van der Waals surface area (Å²) >= 11 is 0. The first-order valence-electron chi connectivity index (χ1n) is 9.79. The summed E-state index contributed by atoms with van der Waals surface area (Å²) in [6.45, 7) is 0. The van der Waals surface area contributed by atoms with Crippen molar-refractivity contribution in [2.75, 3.05) is 18.1 Å². The fourth-order valence-corrected chi connectivity index (χ4v) is 5.31. The molecule has 0 atom stereocenters.